The van der Waals surface area contributed by atoms with Gasteiger partial charge in [-0.1, -0.05) is 29.8 Å². The highest BCUT2D eigenvalue weighted by atomic mass is 35.5. The molecular weight excluding hydrogens is 526 g/mol. The molecule has 9 heteroatoms. The summed E-state index contributed by atoms with van der Waals surface area (Å²) >= 11 is 6.51. The lowest BCUT2D eigenvalue weighted by Crippen LogP contribution is -2.25. The van der Waals surface area contributed by atoms with Crippen molar-refractivity contribution in [1.29, 1.82) is 0 Å². The van der Waals surface area contributed by atoms with E-state index < -0.39 is 5.97 Å². The summed E-state index contributed by atoms with van der Waals surface area (Å²) in [6, 6.07) is 25.5. The van der Waals surface area contributed by atoms with Gasteiger partial charge in [0.15, 0.2) is 5.65 Å². The Labute approximate surface area is 237 Å². The van der Waals surface area contributed by atoms with Gasteiger partial charge in [0.2, 0.25) is 5.95 Å². The largest absolute Gasteiger partial charge is 0.492 e. The van der Waals surface area contributed by atoms with Crippen LogP contribution >= 0.6 is 11.6 Å². The third-order valence-electron chi connectivity index (χ3n) is 6.79. The number of nitrogens with one attached hydrogen (secondary N) is 1. The Morgan fingerprint density at radius 2 is 1.70 bits per heavy atom. The van der Waals surface area contributed by atoms with Crippen molar-refractivity contribution in [2.24, 2.45) is 0 Å². The molecule has 202 valence electrons. The average molecular weight is 554 g/mol. The van der Waals surface area contributed by atoms with Crippen LogP contribution in [-0.4, -0.2) is 51.7 Å². The standard InChI is InChI=1S/C31H28ClN5O3/c32-28-14-13-26(40-30(38)22-6-2-1-3-7-22)20-27(28)23-8-15-29-34-31(35-37(29)21-23)33-24-9-11-25(12-10-24)39-19-18-36-16-4-5-17-36/h1-3,6-15,20-21H,4-5,16-19H2,(H,33,35). The molecule has 1 aliphatic rings. The van der Waals surface area contributed by atoms with Crippen molar-refractivity contribution in [2.45, 2.75) is 12.8 Å². The molecular formula is C31H28ClN5O3. The molecule has 1 N–H and O–H groups in total. The van der Waals surface area contributed by atoms with Gasteiger partial charge >= 0.3 is 5.97 Å². The van der Waals surface area contributed by atoms with Crippen LogP contribution in [0.5, 0.6) is 11.5 Å². The van der Waals surface area contributed by atoms with Crippen LogP contribution in [0.15, 0.2) is 91.1 Å². The molecule has 0 unspecified atom stereocenters. The van der Waals surface area contributed by atoms with Gasteiger partial charge in [-0.25, -0.2) is 9.31 Å². The van der Waals surface area contributed by atoms with E-state index in [4.69, 9.17) is 21.1 Å². The Bertz CT molecular complexity index is 1620. The second-order valence-corrected chi connectivity index (χ2v) is 10.0. The van der Waals surface area contributed by atoms with E-state index in [2.05, 4.69) is 20.3 Å². The molecule has 40 heavy (non-hydrogen) atoms. The maximum Gasteiger partial charge on any atom is 0.343 e. The van der Waals surface area contributed by atoms with Crippen LogP contribution in [0.3, 0.4) is 0 Å². The minimum absolute atomic E-state index is 0.401. The molecule has 1 aliphatic heterocycles. The van der Waals surface area contributed by atoms with Crippen LogP contribution in [0.25, 0.3) is 16.8 Å². The number of esters is 1. The molecule has 2 aromatic heterocycles. The van der Waals surface area contributed by atoms with Crippen LogP contribution in [0.4, 0.5) is 11.6 Å². The van der Waals surface area contributed by atoms with E-state index in [0.717, 1.165) is 23.5 Å². The molecule has 1 saturated heterocycles. The summed E-state index contributed by atoms with van der Waals surface area (Å²) < 4.78 is 13.2. The SMILES string of the molecule is O=C(Oc1ccc(Cl)c(-c2ccc3nc(Nc4ccc(OCCN5CCCC5)cc4)nn3c2)c1)c1ccccc1. The highest BCUT2D eigenvalue weighted by molar-refractivity contribution is 6.33. The molecule has 8 nitrogen and oxygen atoms in total. The Balaban J connectivity index is 1.13. The molecule has 0 radical (unpaired) electrons. The van der Waals surface area contributed by atoms with Gasteiger partial charge < -0.3 is 14.8 Å². The minimum Gasteiger partial charge on any atom is -0.492 e. The zero-order valence-electron chi connectivity index (χ0n) is 21.8. The molecule has 1 fully saturated rings. The summed E-state index contributed by atoms with van der Waals surface area (Å²) in [6.45, 7) is 3.99. The molecule has 0 aliphatic carbocycles. The fourth-order valence-electron chi connectivity index (χ4n) is 4.69. The number of halogens is 1. The molecule has 0 spiro atoms. The maximum absolute atomic E-state index is 12.5. The van der Waals surface area contributed by atoms with Gasteiger partial charge in [-0.15, -0.1) is 5.10 Å². The van der Waals surface area contributed by atoms with Crippen molar-refractivity contribution >= 4 is 34.9 Å². The number of carbonyl (C=O) groups is 1. The maximum atomic E-state index is 12.5. The lowest BCUT2D eigenvalue weighted by molar-refractivity contribution is 0.0735. The average Bonchev–Trinajstić information content (AvgIpc) is 3.65. The first-order valence-corrected chi connectivity index (χ1v) is 13.6. The molecule has 0 atom stereocenters. The summed E-state index contributed by atoms with van der Waals surface area (Å²) in [5.74, 6) is 1.28. The summed E-state index contributed by atoms with van der Waals surface area (Å²) in [4.78, 5) is 19.5. The molecule has 6 rings (SSSR count). The number of fused-ring (bicyclic) bond motifs is 1. The summed E-state index contributed by atoms with van der Waals surface area (Å²) in [6.07, 6.45) is 4.41. The normalized spacial score (nSPS) is 13.4. The Kier molecular flexibility index (Phi) is 7.61. The lowest BCUT2D eigenvalue weighted by Gasteiger charge is -2.15. The number of pyridine rings is 1. The lowest BCUT2D eigenvalue weighted by atomic mass is 10.1. The van der Waals surface area contributed by atoms with Crippen LogP contribution in [0, 0.1) is 0 Å². The number of hydrogen-bond acceptors (Lipinski definition) is 7. The van der Waals surface area contributed by atoms with Crippen molar-refractivity contribution in [2.75, 3.05) is 31.6 Å². The first kappa shape index (κ1) is 25.9. The van der Waals surface area contributed by atoms with Crippen molar-refractivity contribution in [3.05, 3.63) is 102 Å². The fraction of sp³-hybridized carbons (Fsp3) is 0.194. The summed E-state index contributed by atoms with van der Waals surface area (Å²) in [5, 5.41) is 8.36. The molecule has 0 saturated carbocycles. The van der Waals surface area contributed by atoms with Gasteiger partial charge in [0.25, 0.3) is 0 Å². The van der Waals surface area contributed by atoms with E-state index in [0.29, 0.717) is 40.1 Å². The third kappa shape index (κ3) is 6.09. The van der Waals surface area contributed by atoms with E-state index >= 15 is 0 Å². The van der Waals surface area contributed by atoms with E-state index in [-0.39, 0.29) is 0 Å². The highest BCUT2D eigenvalue weighted by Crippen LogP contribution is 2.32. The van der Waals surface area contributed by atoms with Crippen molar-refractivity contribution in [3.63, 3.8) is 0 Å². The highest BCUT2D eigenvalue weighted by Gasteiger charge is 2.13. The Morgan fingerprint density at radius 1 is 0.925 bits per heavy atom. The number of nitrogens with zero attached hydrogens (tertiary/aromatic N) is 4. The van der Waals surface area contributed by atoms with Gasteiger partial charge in [-0.3, -0.25) is 4.90 Å². The summed E-state index contributed by atoms with van der Waals surface area (Å²) in [5.41, 5.74) is 3.53. The van der Waals surface area contributed by atoms with Crippen molar-refractivity contribution in [3.8, 4) is 22.6 Å². The smallest absolute Gasteiger partial charge is 0.343 e. The third-order valence-corrected chi connectivity index (χ3v) is 7.11. The van der Waals surface area contributed by atoms with Crippen molar-refractivity contribution in [1.82, 2.24) is 19.5 Å². The number of rotatable bonds is 9. The van der Waals surface area contributed by atoms with Gasteiger partial charge in [0, 0.05) is 34.6 Å². The number of ether oxygens (including phenoxy) is 2. The summed E-state index contributed by atoms with van der Waals surface area (Å²) in [7, 11) is 0. The first-order valence-electron chi connectivity index (χ1n) is 13.3. The predicted molar refractivity (Wildman–Crippen MR) is 156 cm³/mol. The zero-order valence-corrected chi connectivity index (χ0v) is 22.6. The zero-order chi connectivity index (χ0) is 27.3. The molecule has 5 aromatic rings. The van der Waals surface area contributed by atoms with Gasteiger partial charge in [0.1, 0.15) is 18.1 Å². The van der Waals surface area contributed by atoms with Crippen LogP contribution in [0.1, 0.15) is 23.2 Å². The Hall–Kier alpha value is -4.40. The van der Waals surface area contributed by atoms with E-state index in [9.17, 15) is 4.79 Å². The predicted octanol–water partition coefficient (Wildman–Crippen LogP) is 6.49. The molecule has 3 heterocycles. The molecule has 0 amide bonds. The number of likely N-dealkylation sites (tertiary alicyclic amines) is 1. The number of aromatic nitrogens is 3. The number of carbonyl (C=O) groups excluding carboxylic acids is 1. The van der Waals surface area contributed by atoms with Gasteiger partial charge in [0.05, 0.1) is 5.56 Å². The first-order chi connectivity index (χ1) is 19.6. The number of anilines is 2. The second-order valence-electron chi connectivity index (χ2n) is 9.60. The monoisotopic (exact) mass is 553 g/mol. The van der Waals surface area contributed by atoms with Crippen molar-refractivity contribution < 1.29 is 14.3 Å². The van der Waals surface area contributed by atoms with E-state index in [1.807, 2.05) is 48.7 Å². The molecule has 3 aromatic carbocycles. The molecule has 0 bridgehead atoms. The number of benzene rings is 3. The fourth-order valence-corrected chi connectivity index (χ4v) is 4.91. The van der Waals surface area contributed by atoms with Gasteiger partial charge in [-0.05, 0) is 92.7 Å². The van der Waals surface area contributed by atoms with E-state index in [1.54, 1.807) is 47.0 Å². The van der Waals surface area contributed by atoms with Crippen LogP contribution in [-0.2, 0) is 0 Å². The van der Waals surface area contributed by atoms with E-state index in [1.165, 1.54) is 25.9 Å². The van der Waals surface area contributed by atoms with Crippen LogP contribution in [0.2, 0.25) is 5.02 Å². The second kappa shape index (κ2) is 11.8. The topological polar surface area (TPSA) is 81.0 Å². The van der Waals surface area contributed by atoms with Crippen LogP contribution < -0.4 is 14.8 Å². The quantitative estimate of drug-likeness (QED) is 0.165. The minimum atomic E-state index is -0.432. The number of hydrogen-bond donors (Lipinski definition) is 1. The Morgan fingerprint density at radius 3 is 2.50 bits per heavy atom. The van der Waals surface area contributed by atoms with Gasteiger partial charge in [-0.2, -0.15) is 4.98 Å².